The fourth-order valence-corrected chi connectivity index (χ4v) is 3.54. The number of anilines is 1. The van der Waals surface area contributed by atoms with E-state index in [-0.39, 0.29) is 0 Å². The van der Waals surface area contributed by atoms with Crippen LogP contribution in [0.15, 0.2) is 20.4 Å². The number of hydrogen-bond donors (Lipinski definition) is 1. The van der Waals surface area contributed by atoms with E-state index >= 15 is 0 Å². The van der Waals surface area contributed by atoms with E-state index in [1.54, 1.807) is 11.3 Å². The highest BCUT2D eigenvalue weighted by Crippen LogP contribution is 2.31. The maximum Gasteiger partial charge on any atom is 0.171 e. The molecule has 1 N–H and O–H groups in total. The van der Waals surface area contributed by atoms with E-state index in [2.05, 4.69) is 54.1 Å². The average Bonchev–Trinajstić information content (AvgIpc) is 2.79. The van der Waals surface area contributed by atoms with Gasteiger partial charge < -0.3 is 5.32 Å². The number of halogens is 2. The van der Waals surface area contributed by atoms with Gasteiger partial charge in [-0.1, -0.05) is 13.3 Å². The van der Waals surface area contributed by atoms with Crippen molar-refractivity contribution in [3.8, 4) is 10.7 Å². The van der Waals surface area contributed by atoms with Gasteiger partial charge in [0.2, 0.25) is 0 Å². The van der Waals surface area contributed by atoms with Gasteiger partial charge in [-0.05, 0) is 44.3 Å². The van der Waals surface area contributed by atoms with Crippen LogP contribution < -0.4 is 5.32 Å². The van der Waals surface area contributed by atoms with Gasteiger partial charge in [0.05, 0.1) is 15.0 Å². The van der Waals surface area contributed by atoms with Crippen LogP contribution in [-0.4, -0.2) is 17.0 Å². The minimum atomic E-state index is 0.779. The summed E-state index contributed by atoms with van der Waals surface area (Å²) in [7, 11) is 1.87. The molecule has 0 amide bonds. The monoisotopic (exact) mass is 389 g/mol. The fourth-order valence-electron chi connectivity index (χ4n) is 1.60. The molecular weight excluding hydrogens is 378 g/mol. The Kier molecular flexibility index (Phi) is 4.75. The van der Waals surface area contributed by atoms with Crippen LogP contribution in [-0.2, 0) is 6.42 Å². The van der Waals surface area contributed by atoms with Crippen LogP contribution >= 0.6 is 43.2 Å². The zero-order chi connectivity index (χ0) is 13.1. The molecule has 0 saturated carbocycles. The van der Waals surface area contributed by atoms with Gasteiger partial charge in [0.15, 0.2) is 5.82 Å². The summed E-state index contributed by atoms with van der Waals surface area (Å²) in [4.78, 5) is 10.3. The number of hydrogen-bond acceptors (Lipinski definition) is 4. The quantitative estimate of drug-likeness (QED) is 0.820. The molecule has 2 rings (SSSR count). The van der Waals surface area contributed by atoms with Gasteiger partial charge in [0.1, 0.15) is 5.82 Å². The van der Waals surface area contributed by atoms with E-state index in [0.717, 1.165) is 44.0 Å². The molecule has 0 saturated heterocycles. The van der Waals surface area contributed by atoms with Crippen LogP contribution in [0, 0.1) is 0 Å². The first kappa shape index (κ1) is 14.0. The molecule has 0 spiro atoms. The molecule has 2 heterocycles. The van der Waals surface area contributed by atoms with E-state index in [4.69, 9.17) is 0 Å². The van der Waals surface area contributed by atoms with Crippen LogP contribution in [0.25, 0.3) is 10.7 Å². The lowest BCUT2D eigenvalue weighted by atomic mass is 10.2. The maximum atomic E-state index is 4.65. The van der Waals surface area contributed by atoms with Gasteiger partial charge in [-0.2, -0.15) is 0 Å². The molecular formula is C12H13Br2N3S. The first-order valence-corrected chi connectivity index (χ1v) is 8.10. The van der Waals surface area contributed by atoms with Gasteiger partial charge in [-0.25, -0.2) is 9.97 Å². The van der Waals surface area contributed by atoms with Crippen molar-refractivity contribution in [2.24, 2.45) is 0 Å². The van der Waals surface area contributed by atoms with Crippen molar-refractivity contribution in [2.75, 3.05) is 12.4 Å². The molecule has 0 aliphatic rings. The van der Waals surface area contributed by atoms with Gasteiger partial charge in [0, 0.05) is 16.9 Å². The third kappa shape index (κ3) is 2.92. The zero-order valence-electron chi connectivity index (χ0n) is 10.1. The molecule has 0 aromatic carbocycles. The smallest absolute Gasteiger partial charge is 0.171 e. The fraction of sp³-hybridized carbons (Fsp3) is 0.333. The second kappa shape index (κ2) is 6.12. The average molecular weight is 391 g/mol. The molecule has 2 aromatic heterocycles. The van der Waals surface area contributed by atoms with Gasteiger partial charge >= 0.3 is 0 Å². The van der Waals surface area contributed by atoms with E-state index in [0.29, 0.717) is 0 Å². The summed E-state index contributed by atoms with van der Waals surface area (Å²) in [5.74, 6) is 1.62. The second-order valence-corrected chi connectivity index (χ2v) is 6.41. The van der Waals surface area contributed by atoms with E-state index in [9.17, 15) is 0 Å². The normalized spacial score (nSPS) is 10.7. The molecule has 0 radical (unpaired) electrons. The number of aryl methyl sites for hydroxylation is 1. The topological polar surface area (TPSA) is 37.8 Å². The number of nitrogens with zero attached hydrogens (tertiary/aromatic N) is 2. The minimum absolute atomic E-state index is 0.779. The zero-order valence-corrected chi connectivity index (χ0v) is 14.1. The van der Waals surface area contributed by atoms with Crippen molar-refractivity contribution in [1.82, 2.24) is 9.97 Å². The lowest BCUT2D eigenvalue weighted by Gasteiger charge is -2.09. The largest absolute Gasteiger partial charge is 0.372 e. The Bertz CT molecular complexity index is 554. The molecule has 18 heavy (non-hydrogen) atoms. The molecule has 96 valence electrons. The molecule has 2 aromatic rings. The van der Waals surface area contributed by atoms with Gasteiger partial charge in [0.25, 0.3) is 0 Å². The highest BCUT2D eigenvalue weighted by atomic mass is 79.9. The Balaban J connectivity index is 2.51. The SMILES string of the molecule is CCCc1nc(-c2cc(Br)cs2)nc(NC)c1Br. The van der Waals surface area contributed by atoms with Crippen molar-refractivity contribution in [1.29, 1.82) is 0 Å². The van der Waals surface area contributed by atoms with Gasteiger partial charge in [-0.15, -0.1) is 11.3 Å². The predicted molar refractivity (Wildman–Crippen MR) is 84.3 cm³/mol. The molecule has 6 heteroatoms. The molecule has 0 fully saturated rings. The second-order valence-electron chi connectivity index (χ2n) is 3.79. The van der Waals surface area contributed by atoms with Crippen molar-refractivity contribution in [3.63, 3.8) is 0 Å². The van der Waals surface area contributed by atoms with E-state index in [1.165, 1.54) is 0 Å². The highest BCUT2D eigenvalue weighted by Gasteiger charge is 2.13. The third-order valence-electron chi connectivity index (χ3n) is 2.43. The van der Waals surface area contributed by atoms with Crippen molar-refractivity contribution in [3.05, 3.63) is 26.1 Å². The lowest BCUT2D eigenvalue weighted by Crippen LogP contribution is -2.02. The minimum Gasteiger partial charge on any atom is -0.372 e. The predicted octanol–water partition coefficient (Wildman–Crippen LogP) is 4.72. The number of aromatic nitrogens is 2. The summed E-state index contributed by atoms with van der Waals surface area (Å²) < 4.78 is 2.03. The first-order chi connectivity index (χ1) is 8.65. The lowest BCUT2D eigenvalue weighted by molar-refractivity contribution is 0.869. The van der Waals surface area contributed by atoms with Crippen LogP contribution in [0.4, 0.5) is 5.82 Å². The van der Waals surface area contributed by atoms with Crippen LogP contribution in [0.1, 0.15) is 19.0 Å². The Morgan fingerprint density at radius 3 is 2.67 bits per heavy atom. The Morgan fingerprint density at radius 2 is 2.11 bits per heavy atom. The third-order valence-corrected chi connectivity index (χ3v) is 4.95. The van der Waals surface area contributed by atoms with Crippen molar-refractivity contribution >= 4 is 49.0 Å². The van der Waals surface area contributed by atoms with E-state index < -0.39 is 0 Å². The Morgan fingerprint density at radius 1 is 1.33 bits per heavy atom. The summed E-state index contributed by atoms with van der Waals surface area (Å²) >= 11 is 8.66. The Hall–Kier alpha value is -0.460. The van der Waals surface area contributed by atoms with Crippen LogP contribution in [0.2, 0.25) is 0 Å². The molecule has 3 nitrogen and oxygen atoms in total. The molecule has 0 unspecified atom stereocenters. The summed E-state index contributed by atoms with van der Waals surface area (Å²) in [5, 5.41) is 5.15. The summed E-state index contributed by atoms with van der Waals surface area (Å²) in [5.41, 5.74) is 1.05. The molecule has 0 atom stereocenters. The number of nitrogens with one attached hydrogen (secondary N) is 1. The first-order valence-electron chi connectivity index (χ1n) is 5.64. The summed E-state index contributed by atoms with van der Waals surface area (Å²) in [6, 6.07) is 2.04. The van der Waals surface area contributed by atoms with Crippen LogP contribution in [0.3, 0.4) is 0 Å². The van der Waals surface area contributed by atoms with E-state index in [1.807, 2.05) is 18.5 Å². The number of rotatable bonds is 4. The van der Waals surface area contributed by atoms with Gasteiger partial charge in [-0.3, -0.25) is 0 Å². The number of thiophene rings is 1. The Labute approximate surface area is 127 Å². The molecule has 0 bridgehead atoms. The summed E-state index contributed by atoms with van der Waals surface area (Å²) in [6.07, 6.45) is 2.00. The highest BCUT2D eigenvalue weighted by molar-refractivity contribution is 9.11. The van der Waals surface area contributed by atoms with Crippen LogP contribution in [0.5, 0.6) is 0 Å². The molecule has 0 aliphatic heterocycles. The van der Waals surface area contributed by atoms with Crippen molar-refractivity contribution in [2.45, 2.75) is 19.8 Å². The maximum absolute atomic E-state index is 4.65. The standard InChI is InChI=1S/C12H13Br2N3S/c1-3-4-8-10(14)12(15-2)17-11(16-8)9-5-7(13)6-18-9/h5-6H,3-4H2,1-2H3,(H,15,16,17). The van der Waals surface area contributed by atoms with Crippen molar-refractivity contribution < 1.29 is 0 Å². The molecule has 0 aliphatic carbocycles. The summed E-state index contributed by atoms with van der Waals surface area (Å²) in [6.45, 7) is 2.15.